The summed E-state index contributed by atoms with van der Waals surface area (Å²) in [4.78, 5) is 10.9. The van der Waals surface area contributed by atoms with Crippen LogP contribution in [0.2, 0.25) is 0 Å². The molecule has 98 valence electrons. The first-order valence-corrected chi connectivity index (χ1v) is 6.13. The molecule has 0 radical (unpaired) electrons. The molecule has 0 aliphatic carbocycles. The molecule has 0 fully saturated rings. The number of carbonyl (C=O) groups excluding carboxylic acids is 1. The Morgan fingerprint density at radius 2 is 1.79 bits per heavy atom. The fraction of sp³-hybridized carbons (Fsp3) is 0.188. The second-order valence-corrected chi connectivity index (χ2v) is 4.60. The monoisotopic (exact) mass is 258 g/mol. The molecule has 2 aromatic carbocycles. The van der Waals surface area contributed by atoms with Crippen molar-refractivity contribution in [1.82, 2.24) is 0 Å². The summed E-state index contributed by atoms with van der Waals surface area (Å²) >= 11 is 0. The van der Waals surface area contributed by atoms with Crippen molar-refractivity contribution in [3.8, 4) is 11.5 Å². The van der Waals surface area contributed by atoms with Gasteiger partial charge < -0.3 is 4.74 Å². The average molecular weight is 258 g/mol. The third-order valence-electron chi connectivity index (χ3n) is 2.89. The number of rotatable bonds is 4. The van der Waals surface area contributed by atoms with Crippen LogP contribution in [0.4, 0.5) is 4.39 Å². The molecule has 2 aromatic rings. The molecule has 3 heteroatoms. The summed E-state index contributed by atoms with van der Waals surface area (Å²) < 4.78 is 19.1. The fourth-order valence-electron chi connectivity index (χ4n) is 1.76. The summed E-state index contributed by atoms with van der Waals surface area (Å²) in [5.41, 5.74) is 1.38. The van der Waals surface area contributed by atoms with Gasteiger partial charge in [0, 0.05) is 0 Å². The molecule has 0 saturated heterocycles. The maximum absolute atomic E-state index is 13.6. The van der Waals surface area contributed by atoms with Crippen LogP contribution in [-0.4, -0.2) is 6.29 Å². The Kier molecular flexibility index (Phi) is 3.95. The molecule has 0 heterocycles. The number of hydrogen-bond donors (Lipinski definition) is 0. The SMILES string of the molecule is CC(C)c1ccc(Oc2c(F)cccc2C=O)cc1. The highest BCUT2D eigenvalue weighted by Crippen LogP contribution is 2.28. The highest BCUT2D eigenvalue weighted by molar-refractivity contribution is 5.79. The van der Waals surface area contributed by atoms with Crippen LogP contribution < -0.4 is 4.74 Å². The fourth-order valence-corrected chi connectivity index (χ4v) is 1.76. The minimum atomic E-state index is -0.544. The lowest BCUT2D eigenvalue weighted by molar-refractivity contribution is 0.112. The van der Waals surface area contributed by atoms with Gasteiger partial charge in [0.15, 0.2) is 17.9 Å². The molecular weight excluding hydrogens is 243 g/mol. The van der Waals surface area contributed by atoms with Gasteiger partial charge in [0.2, 0.25) is 0 Å². The quantitative estimate of drug-likeness (QED) is 0.752. The molecule has 0 aromatic heterocycles. The van der Waals surface area contributed by atoms with Crippen molar-refractivity contribution >= 4 is 6.29 Å². The molecule has 0 unspecified atom stereocenters. The van der Waals surface area contributed by atoms with Crippen LogP contribution in [0.3, 0.4) is 0 Å². The Morgan fingerprint density at radius 1 is 1.11 bits per heavy atom. The largest absolute Gasteiger partial charge is 0.454 e. The van der Waals surface area contributed by atoms with Gasteiger partial charge in [-0.25, -0.2) is 4.39 Å². The van der Waals surface area contributed by atoms with Crippen molar-refractivity contribution in [2.75, 3.05) is 0 Å². The molecule has 0 N–H and O–H groups in total. The number of carbonyl (C=O) groups is 1. The van der Waals surface area contributed by atoms with Crippen LogP contribution in [-0.2, 0) is 0 Å². The van der Waals surface area contributed by atoms with Crippen molar-refractivity contribution < 1.29 is 13.9 Å². The molecule has 0 bridgehead atoms. The standard InChI is InChI=1S/C16H15FO2/c1-11(2)12-6-8-14(9-7-12)19-16-13(10-18)4-3-5-15(16)17/h3-11H,1-2H3. The number of ether oxygens (including phenoxy) is 1. The van der Waals surface area contributed by atoms with E-state index < -0.39 is 5.82 Å². The molecule has 0 atom stereocenters. The zero-order valence-corrected chi connectivity index (χ0v) is 10.9. The smallest absolute Gasteiger partial charge is 0.173 e. The van der Waals surface area contributed by atoms with E-state index in [0.717, 1.165) is 0 Å². The molecule has 0 amide bonds. The Balaban J connectivity index is 2.28. The molecule has 2 rings (SSSR count). The van der Waals surface area contributed by atoms with E-state index in [4.69, 9.17) is 4.74 Å². The predicted octanol–water partition coefficient (Wildman–Crippen LogP) is 4.55. The summed E-state index contributed by atoms with van der Waals surface area (Å²) in [5.74, 6) is 0.359. The van der Waals surface area contributed by atoms with Crippen molar-refractivity contribution in [3.05, 3.63) is 59.4 Å². The summed E-state index contributed by atoms with van der Waals surface area (Å²) in [6, 6.07) is 11.7. The minimum absolute atomic E-state index is 0.0326. The lowest BCUT2D eigenvalue weighted by Gasteiger charge is -2.10. The third kappa shape index (κ3) is 2.99. The Hall–Kier alpha value is -2.16. The van der Waals surface area contributed by atoms with Crippen LogP contribution in [0.15, 0.2) is 42.5 Å². The zero-order valence-electron chi connectivity index (χ0n) is 10.9. The van der Waals surface area contributed by atoms with E-state index in [0.29, 0.717) is 18.0 Å². The van der Waals surface area contributed by atoms with Gasteiger partial charge in [-0.3, -0.25) is 4.79 Å². The van der Waals surface area contributed by atoms with Gasteiger partial charge in [0.25, 0.3) is 0 Å². The van der Waals surface area contributed by atoms with Gasteiger partial charge in [-0.05, 0) is 35.7 Å². The first-order valence-electron chi connectivity index (χ1n) is 6.13. The maximum Gasteiger partial charge on any atom is 0.173 e. The molecule has 0 aliphatic heterocycles. The Bertz CT molecular complexity index is 574. The number of para-hydroxylation sites is 1. The first kappa shape index (κ1) is 13.3. The molecule has 0 saturated carbocycles. The lowest BCUT2D eigenvalue weighted by atomic mass is 10.0. The maximum atomic E-state index is 13.6. The van der Waals surface area contributed by atoms with E-state index in [-0.39, 0.29) is 11.3 Å². The van der Waals surface area contributed by atoms with Crippen LogP contribution >= 0.6 is 0 Å². The van der Waals surface area contributed by atoms with Crippen LogP contribution in [0, 0.1) is 5.82 Å². The van der Waals surface area contributed by atoms with E-state index in [9.17, 15) is 9.18 Å². The Labute approximate surface area is 111 Å². The minimum Gasteiger partial charge on any atom is -0.454 e. The summed E-state index contributed by atoms with van der Waals surface area (Å²) in [6.45, 7) is 4.19. The summed E-state index contributed by atoms with van der Waals surface area (Å²) in [7, 11) is 0. The third-order valence-corrected chi connectivity index (χ3v) is 2.89. The van der Waals surface area contributed by atoms with Crippen LogP contribution in [0.5, 0.6) is 11.5 Å². The Morgan fingerprint density at radius 3 is 2.37 bits per heavy atom. The topological polar surface area (TPSA) is 26.3 Å². The lowest BCUT2D eigenvalue weighted by Crippen LogP contribution is -1.94. The number of benzene rings is 2. The number of hydrogen-bond acceptors (Lipinski definition) is 2. The highest BCUT2D eigenvalue weighted by Gasteiger charge is 2.10. The van der Waals surface area contributed by atoms with Crippen molar-refractivity contribution in [2.45, 2.75) is 19.8 Å². The molecule has 2 nitrogen and oxygen atoms in total. The van der Waals surface area contributed by atoms with Gasteiger partial charge in [0.1, 0.15) is 5.75 Å². The van der Waals surface area contributed by atoms with Gasteiger partial charge in [-0.2, -0.15) is 0 Å². The van der Waals surface area contributed by atoms with Crippen LogP contribution in [0.1, 0.15) is 35.7 Å². The van der Waals surface area contributed by atoms with E-state index in [2.05, 4.69) is 13.8 Å². The second kappa shape index (κ2) is 5.65. The van der Waals surface area contributed by atoms with Gasteiger partial charge in [0.05, 0.1) is 5.56 Å². The van der Waals surface area contributed by atoms with Gasteiger partial charge in [-0.15, -0.1) is 0 Å². The van der Waals surface area contributed by atoms with Crippen molar-refractivity contribution in [2.24, 2.45) is 0 Å². The van der Waals surface area contributed by atoms with E-state index in [1.165, 1.54) is 23.8 Å². The molecule has 19 heavy (non-hydrogen) atoms. The van der Waals surface area contributed by atoms with Crippen LogP contribution in [0.25, 0.3) is 0 Å². The molecule has 0 aliphatic rings. The average Bonchev–Trinajstić information content (AvgIpc) is 2.41. The number of halogens is 1. The molecular formula is C16H15FO2. The van der Waals surface area contributed by atoms with E-state index in [1.807, 2.05) is 12.1 Å². The van der Waals surface area contributed by atoms with E-state index >= 15 is 0 Å². The number of aldehydes is 1. The van der Waals surface area contributed by atoms with Crippen molar-refractivity contribution in [3.63, 3.8) is 0 Å². The van der Waals surface area contributed by atoms with Gasteiger partial charge in [-0.1, -0.05) is 32.0 Å². The second-order valence-electron chi connectivity index (χ2n) is 4.60. The van der Waals surface area contributed by atoms with E-state index in [1.54, 1.807) is 12.1 Å². The van der Waals surface area contributed by atoms with Gasteiger partial charge >= 0.3 is 0 Å². The van der Waals surface area contributed by atoms with Crippen molar-refractivity contribution in [1.29, 1.82) is 0 Å². The zero-order chi connectivity index (χ0) is 13.8. The summed E-state index contributed by atoms with van der Waals surface area (Å²) in [6.07, 6.45) is 0.584. The molecule has 0 spiro atoms. The first-order chi connectivity index (χ1) is 9.11. The summed E-state index contributed by atoms with van der Waals surface area (Å²) in [5, 5.41) is 0. The highest BCUT2D eigenvalue weighted by atomic mass is 19.1. The predicted molar refractivity (Wildman–Crippen MR) is 72.4 cm³/mol. The normalized spacial score (nSPS) is 10.5.